The number of carbonyl (C=O) groups is 1. The van der Waals surface area contributed by atoms with Gasteiger partial charge in [-0.05, 0) is 5.56 Å². The van der Waals surface area contributed by atoms with Crippen LogP contribution < -0.4 is 5.32 Å². The average Bonchev–Trinajstić information content (AvgIpc) is 2.46. The van der Waals surface area contributed by atoms with Crippen LogP contribution in [0.5, 0.6) is 0 Å². The molecule has 2 aromatic rings. The summed E-state index contributed by atoms with van der Waals surface area (Å²) in [7, 11) is 1.28. The maximum absolute atomic E-state index is 11.6. The molecule has 0 bridgehead atoms. The van der Waals surface area contributed by atoms with Crippen molar-refractivity contribution in [1.82, 2.24) is 9.97 Å². The lowest BCUT2D eigenvalue weighted by molar-refractivity contribution is 0.0595. The van der Waals surface area contributed by atoms with Crippen LogP contribution in [0, 0.1) is 0 Å². The summed E-state index contributed by atoms with van der Waals surface area (Å²) < 4.78 is 4.64. The third kappa shape index (κ3) is 3.42. The number of anilines is 1. The second-order valence-electron chi connectivity index (χ2n) is 3.72. The van der Waals surface area contributed by atoms with E-state index in [0.29, 0.717) is 12.4 Å². The van der Waals surface area contributed by atoms with Crippen LogP contribution in [0.2, 0.25) is 5.15 Å². The Balaban J connectivity index is 2.18. The number of nitrogens with zero attached hydrogens (tertiary/aromatic N) is 2. The van der Waals surface area contributed by atoms with E-state index >= 15 is 0 Å². The minimum atomic E-state index is -0.578. The Bertz CT molecular complexity index is 575. The van der Waals surface area contributed by atoms with Gasteiger partial charge >= 0.3 is 5.97 Å². The molecule has 0 atom stereocenters. The third-order valence-corrected chi connectivity index (χ3v) is 2.61. The quantitative estimate of drug-likeness (QED) is 0.870. The third-order valence-electron chi connectivity index (χ3n) is 2.42. The molecule has 98 valence electrons. The van der Waals surface area contributed by atoms with E-state index in [1.807, 2.05) is 30.3 Å². The van der Waals surface area contributed by atoms with Crippen LogP contribution in [0.1, 0.15) is 16.1 Å². The number of carbonyl (C=O) groups excluding carboxylic acids is 1. The van der Waals surface area contributed by atoms with Gasteiger partial charge in [0.2, 0.25) is 0 Å². The van der Waals surface area contributed by atoms with Gasteiger partial charge in [-0.15, -0.1) is 0 Å². The van der Waals surface area contributed by atoms with Gasteiger partial charge in [-0.2, -0.15) is 0 Å². The van der Waals surface area contributed by atoms with Crippen molar-refractivity contribution >= 4 is 23.4 Å². The van der Waals surface area contributed by atoms with Gasteiger partial charge in [-0.25, -0.2) is 14.8 Å². The van der Waals surface area contributed by atoms with Crippen LogP contribution in [0.15, 0.2) is 36.5 Å². The first kappa shape index (κ1) is 13.3. The topological polar surface area (TPSA) is 64.1 Å². The van der Waals surface area contributed by atoms with Crippen molar-refractivity contribution in [3.05, 3.63) is 52.9 Å². The van der Waals surface area contributed by atoms with Crippen molar-refractivity contribution in [2.45, 2.75) is 6.54 Å². The van der Waals surface area contributed by atoms with E-state index < -0.39 is 5.97 Å². The van der Waals surface area contributed by atoms with E-state index in [9.17, 15) is 4.79 Å². The number of hydrogen-bond donors (Lipinski definition) is 1. The molecule has 0 aliphatic heterocycles. The van der Waals surface area contributed by atoms with Crippen LogP contribution in [0.25, 0.3) is 0 Å². The van der Waals surface area contributed by atoms with Crippen molar-refractivity contribution in [2.24, 2.45) is 0 Å². The lowest BCUT2D eigenvalue weighted by Crippen LogP contribution is -2.12. The normalized spacial score (nSPS) is 10.0. The standard InChI is InChI=1S/C13H12ClN3O2/c1-19-13(18)11-12(16-8-10(14)17-11)15-7-9-5-3-2-4-6-9/h2-6,8H,7H2,1H3,(H,15,16). The lowest BCUT2D eigenvalue weighted by Gasteiger charge is -2.09. The number of ether oxygens (including phenoxy) is 1. The smallest absolute Gasteiger partial charge is 0.360 e. The number of rotatable bonds is 4. The maximum Gasteiger partial charge on any atom is 0.360 e. The van der Waals surface area contributed by atoms with E-state index in [2.05, 4.69) is 20.0 Å². The second-order valence-corrected chi connectivity index (χ2v) is 4.11. The first-order chi connectivity index (χ1) is 9.20. The molecule has 0 aliphatic rings. The van der Waals surface area contributed by atoms with E-state index in [-0.39, 0.29) is 10.8 Å². The monoisotopic (exact) mass is 277 g/mol. The lowest BCUT2D eigenvalue weighted by atomic mass is 10.2. The maximum atomic E-state index is 11.6. The van der Waals surface area contributed by atoms with Crippen LogP contribution in [-0.2, 0) is 11.3 Å². The number of aromatic nitrogens is 2. The number of benzene rings is 1. The second kappa shape index (κ2) is 6.15. The number of nitrogens with one attached hydrogen (secondary N) is 1. The zero-order valence-corrected chi connectivity index (χ0v) is 11.0. The molecule has 1 aromatic carbocycles. The van der Waals surface area contributed by atoms with Gasteiger partial charge in [0.25, 0.3) is 0 Å². The SMILES string of the molecule is COC(=O)c1nc(Cl)cnc1NCc1ccccc1. The van der Waals surface area contributed by atoms with E-state index in [0.717, 1.165) is 5.56 Å². The molecule has 0 saturated heterocycles. The molecule has 1 N–H and O–H groups in total. The fourth-order valence-corrected chi connectivity index (χ4v) is 1.65. The molecular weight excluding hydrogens is 266 g/mol. The van der Waals surface area contributed by atoms with Crippen molar-refractivity contribution in [1.29, 1.82) is 0 Å². The zero-order chi connectivity index (χ0) is 13.7. The largest absolute Gasteiger partial charge is 0.464 e. The summed E-state index contributed by atoms with van der Waals surface area (Å²) in [6, 6.07) is 9.74. The summed E-state index contributed by atoms with van der Waals surface area (Å²) in [5.74, 6) is -0.231. The number of methoxy groups -OCH3 is 1. The molecule has 0 saturated carbocycles. The Morgan fingerprint density at radius 1 is 1.37 bits per heavy atom. The van der Waals surface area contributed by atoms with Crippen molar-refractivity contribution in [2.75, 3.05) is 12.4 Å². The molecule has 19 heavy (non-hydrogen) atoms. The number of esters is 1. The summed E-state index contributed by atoms with van der Waals surface area (Å²) in [6.45, 7) is 0.529. The predicted octanol–water partition coefficient (Wildman–Crippen LogP) is 2.53. The highest BCUT2D eigenvalue weighted by Crippen LogP contribution is 2.15. The summed E-state index contributed by atoms with van der Waals surface area (Å²) in [6.07, 6.45) is 1.38. The van der Waals surface area contributed by atoms with Crippen LogP contribution in [0.4, 0.5) is 5.82 Å². The van der Waals surface area contributed by atoms with Crippen LogP contribution >= 0.6 is 11.6 Å². The Morgan fingerprint density at radius 2 is 2.11 bits per heavy atom. The Hall–Kier alpha value is -2.14. The molecule has 0 unspecified atom stereocenters. The molecule has 1 aromatic heterocycles. The molecule has 0 spiro atoms. The molecular formula is C13H12ClN3O2. The van der Waals surface area contributed by atoms with Gasteiger partial charge in [0.15, 0.2) is 11.5 Å². The van der Waals surface area contributed by atoms with Gasteiger partial charge in [-0.3, -0.25) is 0 Å². The summed E-state index contributed by atoms with van der Waals surface area (Å²) >= 11 is 5.73. The Labute approximate surface area is 115 Å². The fourth-order valence-electron chi connectivity index (χ4n) is 1.52. The molecule has 0 amide bonds. The fraction of sp³-hybridized carbons (Fsp3) is 0.154. The van der Waals surface area contributed by atoms with Gasteiger partial charge < -0.3 is 10.1 Å². The van der Waals surface area contributed by atoms with Crippen LogP contribution in [-0.4, -0.2) is 23.0 Å². The van der Waals surface area contributed by atoms with Crippen LogP contribution in [0.3, 0.4) is 0 Å². The van der Waals surface area contributed by atoms with E-state index in [1.165, 1.54) is 13.3 Å². The first-order valence-electron chi connectivity index (χ1n) is 5.59. The van der Waals surface area contributed by atoms with E-state index in [1.54, 1.807) is 0 Å². The van der Waals surface area contributed by atoms with Gasteiger partial charge in [0, 0.05) is 6.54 Å². The highest BCUT2D eigenvalue weighted by atomic mass is 35.5. The zero-order valence-electron chi connectivity index (χ0n) is 10.3. The summed E-state index contributed by atoms with van der Waals surface area (Å²) in [5.41, 5.74) is 1.14. The highest BCUT2D eigenvalue weighted by Gasteiger charge is 2.15. The van der Waals surface area contributed by atoms with Gasteiger partial charge in [-0.1, -0.05) is 41.9 Å². The molecule has 0 radical (unpaired) electrons. The molecule has 5 nitrogen and oxygen atoms in total. The minimum Gasteiger partial charge on any atom is -0.464 e. The minimum absolute atomic E-state index is 0.0749. The first-order valence-corrected chi connectivity index (χ1v) is 5.97. The highest BCUT2D eigenvalue weighted by molar-refractivity contribution is 6.29. The molecule has 2 rings (SSSR count). The average molecular weight is 278 g/mol. The van der Waals surface area contributed by atoms with Gasteiger partial charge in [0.1, 0.15) is 5.15 Å². The van der Waals surface area contributed by atoms with E-state index in [4.69, 9.17) is 11.6 Å². The van der Waals surface area contributed by atoms with Crippen molar-refractivity contribution in [3.63, 3.8) is 0 Å². The van der Waals surface area contributed by atoms with Gasteiger partial charge in [0.05, 0.1) is 13.3 Å². The summed E-state index contributed by atoms with van der Waals surface area (Å²) in [5, 5.41) is 3.18. The molecule has 1 heterocycles. The molecule has 0 fully saturated rings. The Morgan fingerprint density at radius 3 is 2.79 bits per heavy atom. The summed E-state index contributed by atoms with van der Waals surface area (Å²) in [4.78, 5) is 19.6. The predicted molar refractivity (Wildman–Crippen MR) is 72.2 cm³/mol. The Kier molecular flexibility index (Phi) is 4.30. The number of hydrogen-bond acceptors (Lipinski definition) is 5. The molecule has 0 aliphatic carbocycles. The number of halogens is 1. The van der Waals surface area contributed by atoms with Crippen molar-refractivity contribution < 1.29 is 9.53 Å². The van der Waals surface area contributed by atoms with Crippen molar-refractivity contribution in [3.8, 4) is 0 Å². The molecule has 6 heteroatoms.